The lowest BCUT2D eigenvalue weighted by Crippen LogP contribution is -2.19. The monoisotopic (exact) mass is 424 g/mol. The number of nitrogens with one attached hydrogen (secondary N) is 2. The average molecular weight is 425 g/mol. The smallest absolute Gasteiger partial charge is 0.308 e. The number of nitrogens with zero attached hydrogens (tertiary/aromatic N) is 2. The number of hydrogen-bond acceptors (Lipinski definition) is 5. The zero-order valence-corrected chi connectivity index (χ0v) is 16.6. The summed E-state index contributed by atoms with van der Waals surface area (Å²) in [5.74, 6) is 1.42. The quantitative estimate of drug-likeness (QED) is 0.514. The van der Waals surface area contributed by atoms with E-state index < -0.39 is 0 Å². The molecule has 2 N–H and O–H groups in total. The summed E-state index contributed by atoms with van der Waals surface area (Å²) in [6.07, 6.45) is 0. The number of rotatable bonds is 6. The second-order valence-corrected chi connectivity index (χ2v) is 8.07. The molecular formula is C17H14Cl2N4OS2. The molecule has 1 heterocycles. The third-order valence-electron chi connectivity index (χ3n) is 3.22. The second-order valence-electron chi connectivity index (χ2n) is 5.17. The summed E-state index contributed by atoms with van der Waals surface area (Å²) >= 11 is 15.1. The zero-order valence-electron chi connectivity index (χ0n) is 13.4. The van der Waals surface area contributed by atoms with Crippen LogP contribution in [0.1, 0.15) is 10.6 Å². The van der Waals surface area contributed by atoms with Gasteiger partial charge in [0, 0.05) is 27.2 Å². The van der Waals surface area contributed by atoms with Gasteiger partial charge in [0.1, 0.15) is 5.01 Å². The largest absolute Gasteiger partial charge is 0.325 e. The van der Waals surface area contributed by atoms with Crippen molar-refractivity contribution in [2.75, 3.05) is 10.6 Å². The summed E-state index contributed by atoms with van der Waals surface area (Å²) in [5.41, 5.74) is 1.73. The third kappa shape index (κ3) is 5.60. The summed E-state index contributed by atoms with van der Waals surface area (Å²) in [7, 11) is 0. The lowest BCUT2D eigenvalue weighted by Gasteiger charge is -2.04. The number of aromatic nitrogens is 2. The predicted octanol–water partition coefficient (Wildman–Crippen LogP) is 5.92. The Morgan fingerprint density at radius 3 is 2.62 bits per heavy atom. The van der Waals surface area contributed by atoms with Gasteiger partial charge in [0.2, 0.25) is 5.13 Å². The third-order valence-corrected chi connectivity index (χ3v) is 5.82. The molecule has 5 nitrogen and oxygen atoms in total. The summed E-state index contributed by atoms with van der Waals surface area (Å²) < 4.78 is 0. The summed E-state index contributed by atoms with van der Waals surface area (Å²) in [6.45, 7) is 0. The van der Waals surface area contributed by atoms with Crippen LogP contribution in [0.3, 0.4) is 0 Å². The number of para-hydroxylation sites is 1. The molecule has 26 heavy (non-hydrogen) atoms. The predicted molar refractivity (Wildman–Crippen MR) is 110 cm³/mol. The molecule has 0 atom stereocenters. The maximum atomic E-state index is 11.9. The summed E-state index contributed by atoms with van der Waals surface area (Å²) in [5, 5.41) is 16.1. The number of amides is 2. The minimum absolute atomic E-state index is 0.348. The van der Waals surface area contributed by atoms with Crippen molar-refractivity contribution in [1.82, 2.24) is 10.2 Å². The van der Waals surface area contributed by atoms with Crippen LogP contribution in [-0.4, -0.2) is 16.2 Å². The van der Waals surface area contributed by atoms with Gasteiger partial charge in [-0.2, -0.15) is 0 Å². The molecule has 3 rings (SSSR count). The van der Waals surface area contributed by atoms with E-state index in [4.69, 9.17) is 23.2 Å². The molecule has 0 bridgehead atoms. The number of carbonyl (C=O) groups excluding carboxylic acids is 1. The van der Waals surface area contributed by atoms with Gasteiger partial charge in [0.05, 0.1) is 0 Å². The normalized spacial score (nSPS) is 10.5. The maximum absolute atomic E-state index is 11.9. The van der Waals surface area contributed by atoms with Crippen LogP contribution < -0.4 is 10.6 Å². The van der Waals surface area contributed by atoms with Gasteiger partial charge in [0.15, 0.2) is 0 Å². The van der Waals surface area contributed by atoms with Crippen LogP contribution in [0.25, 0.3) is 0 Å². The van der Waals surface area contributed by atoms with Crippen molar-refractivity contribution < 1.29 is 4.79 Å². The van der Waals surface area contributed by atoms with Crippen molar-refractivity contribution in [3.8, 4) is 0 Å². The van der Waals surface area contributed by atoms with Crippen LogP contribution >= 0.6 is 46.3 Å². The Kier molecular flexibility index (Phi) is 6.73. The molecule has 0 unspecified atom stereocenters. The molecule has 0 radical (unpaired) electrons. The molecule has 0 aliphatic carbocycles. The van der Waals surface area contributed by atoms with Gasteiger partial charge in [-0.3, -0.25) is 5.32 Å². The van der Waals surface area contributed by atoms with Gasteiger partial charge in [-0.25, -0.2) is 4.79 Å². The van der Waals surface area contributed by atoms with Crippen LogP contribution in [0.5, 0.6) is 0 Å². The minimum atomic E-state index is -0.348. The van der Waals surface area contributed by atoms with Crippen molar-refractivity contribution >= 4 is 63.2 Å². The van der Waals surface area contributed by atoms with E-state index in [-0.39, 0.29) is 6.03 Å². The van der Waals surface area contributed by atoms with Crippen LogP contribution in [0.15, 0.2) is 48.5 Å². The van der Waals surface area contributed by atoms with E-state index >= 15 is 0 Å². The standard InChI is InChI=1S/C17H14Cl2N4OS2/c18-12-7-6-11(14(19)8-12)9-25-10-15-22-23-17(26-15)21-16(24)20-13-4-2-1-3-5-13/h1-8H,9-10H2,(H2,20,21,23,24). The zero-order chi connectivity index (χ0) is 18.4. The van der Waals surface area contributed by atoms with Gasteiger partial charge in [-0.15, -0.1) is 22.0 Å². The highest BCUT2D eigenvalue weighted by molar-refractivity contribution is 7.97. The highest BCUT2D eigenvalue weighted by Gasteiger charge is 2.09. The first kappa shape index (κ1) is 19.0. The van der Waals surface area contributed by atoms with E-state index in [1.807, 2.05) is 42.5 Å². The second kappa shape index (κ2) is 9.23. The number of urea groups is 1. The van der Waals surface area contributed by atoms with Gasteiger partial charge in [-0.1, -0.05) is 58.8 Å². The number of benzene rings is 2. The maximum Gasteiger partial charge on any atom is 0.325 e. The van der Waals surface area contributed by atoms with Gasteiger partial charge < -0.3 is 5.32 Å². The van der Waals surface area contributed by atoms with Crippen LogP contribution in [0, 0.1) is 0 Å². The Hall–Kier alpha value is -1.80. The van der Waals surface area contributed by atoms with Gasteiger partial charge in [-0.05, 0) is 29.8 Å². The molecule has 2 aromatic carbocycles. The fourth-order valence-electron chi connectivity index (χ4n) is 2.03. The Labute approximate surface area is 169 Å². The van der Waals surface area contributed by atoms with E-state index in [1.54, 1.807) is 17.8 Å². The van der Waals surface area contributed by atoms with E-state index in [9.17, 15) is 4.79 Å². The fraction of sp³-hybridized carbons (Fsp3) is 0.118. The SMILES string of the molecule is O=C(Nc1ccccc1)Nc1nnc(CSCc2ccc(Cl)cc2Cl)s1. The number of halogens is 2. The average Bonchev–Trinajstić information content (AvgIpc) is 3.05. The Morgan fingerprint density at radius 1 is 1.04 bits per heavy atom. The Morgan fingerprint density at radius 2 is 1.85 bits per heavy atom. The first-order valence-electron chi connectivity index (χ1n) is 7.57. The molecule has 0 aliphatic heterocycles. The van der Waals surface area contributed by atoms with Gasteiger partial charge >= 0.3 is 6.03 Å². The number of hydrogen-bond donors (Lipinski definition) is 2. The topological polar surface area (TPSA) is 66.9 Å². The lowest BCUT2D eigenvalue weighted by molar-refractivity contribution is 0.262. The van der Waals surface area contributed by atoms with Crippen molar-refractivity contribution in [1.29, 1.82) is 0 Å². The minimum Gasteiger partial charge on any atom is -0.308 e. The molecule has 2 amide bonds. The van der Waals surface area contributed by atoms with E-state index in [0.29, 0.717) is 26.6 Å². The van der Waals surface area contributed by atoms with Crippen molar-refractivity contribution in [2.24, 2.45) is 0 Å². The van der Waals surface area contributed by atoms with E-state index in [2.05, 4.69) is 20.8 Å². The fourth-order valence-corrected chi connectivity index (χ4v) is 4.41. The Balaban J connectivity index is 1.47. The van der Waals surface area contributed by atoms with Crippen LogP contribution in [0.2, 0.25) is 10.0 Å². The molecule has 1 aromatic heterocycles. The molecular weight excluding hydrogens is 411 g/mol. The molecule has 0 saturated heterocycles. The highest BCUT2D eigenvalue weighted by Crippen LogP contribution is 2.27. The molecule has 0 aliphatic rings. The van der Waals surface area contributed by atoms with Crippen molar-refractivity contribution in [3.63, 3.8) is 0 Å². The van der Waals surface area contributed by atoms with Gasteiger partial charge in [0.25, 0.3) is 0 Å². The first-order valence-corrected chi connectivity index (χ1v) is 10.3. The van der Waals surface area contributed by atoms with Crippen molar-refractivity contribution in [3.05, 3.63) is 69.1 Å². The number of carbonyl (C=O) groups is 1. The van der Waals surface area contributed by atoms with Crippen molar-refractivity contribution in [2.45, 2.75) is 11.5 Å². The first-order chi connectivity index (χ1) is 12.6. The molecule has 0 fully saturated rings. The van der Waals surface area contributed by atoms with Crippen LogP contribution in [0.4, 0.5) is 15.6 Å². The highest BCUT2D eigenvalue weighted by atomic mass is 35.5. The summed E-state index contributed by atoms with van der Waals surface area (Å²) in [4.78, 5) is 11.9. The number of anilines is 2. The molecule has 0 spiro atoms. The molecule has 9 heteroatoms. The number of thioether (sulfide) groups is 1. The molecule has 3 aromatic rings. The molecule has 134 valence electrons. The van der Waals surface area contributed by atoms with Crippen LogP contribution in [-0.2, 0) is 11.5 Å². The van der Waals surface area contributed by atoms with E-state index in [0.717, 1.165) is 16.3 Å². The van der Waals surface area contributed by atoms with E-state index in [1.165, 1.54) is 11.3 Å². The Bertz CT molecular complexity index is 889. The lowest BCUT2D eigenvalue weighted by atomic mass is 10.2. The molecule has 0 saturated carbocycles. The summed E-state index contributed by atoms with van der Waals surface area (Å²) in [6, 6.07) is 14.3.